The van der Waals surface area contributed by atoms with Crippen LogP contribution in [0.3, 0.4) is 0 Å². The maximum atomic E-state index is 12.0. The van der Waals surface area contributed by atoms with Gasteiger partial charge >= 0.3 is 5.97 Å². The van der Waals surface area contributed by atoms with Gasteiger partial charge in [0.05, 0.1) is 0 Å². The molecule has 2 aromatic carbocycles. The van der Waals surface area contributed by atoms with Crippen LogP contribution >= 0.6 is 0 Å². The molecule has 0 heterocycles. The molecule has 7 heteroatoms. The van der Waals surface area contributed by atoms with Gasteiger partial charge in [-0.2, -0.15) is 0 Å². The van der Waals surface area contributed by atoms with Gasteiger partial charge in [-0.3, -0.25) is 14.4 Å². The van der Waals surface area contributed by atoms with Crippen molar-refractivity contribution in [2.24, 2.45) is 0 Å². The van der Waals surface area contributed by atoms with E-state index in [9.17, 15) is 19.2 Å². The molecule has 0 saturated heterocycles. The SMILES string of the molecule is CCC(=O)c1ccc(OCC(=O)OCC(=O)c2ccc(NC(C)=O)cc2)cc1. The van der Waals surface area contributed by atoms with E-state index >= 15 is 0 Å². The number of amides is 1. The van der Waals surface area contributed by atoms with E-state index in [1.165, 1.54) is 19.1 Å². The second kappa shape index (κ2) is 10.0. The van der Waals surface area contributed by atoms with Crippen LogP contribution in [0.1, 0.15) is 41.0 Å². The molecule has 0 atom stereocenters. The van der Waals surface area contributed by atoms with Crippen molar-refractivity contribution >= 4 is 29.1 Å². The minimum absolute atomic E-state index is 0.0228. The molecule has 1 amide bonds. The smallest absolute Gasteiger partial charge is 0.344 e. The van der Waals surface area contributed by atoms with Crippen molar-refractivity contribution in [3.63, 3.8) is 0 Å². The first kappa shape index (κ1) is 20.8. The average molecular weight is 383 g/mol. The van der Waals surface area contributed by atoms with E-state index < -0.39 is 12.6 Å². The zero-order chi connectivity index (χ0) is 20.5. The molecule has 0 spiro atoms. The van der Waals surface area contributed by atoms with Crippen molar-refractivity contribution in [3.05, 3.63) is 59.7 Å². The number of rotatable bonds is 9. The Kier molecular flexibility index (Phi) is 7.45. The van der Waals surface area contributed by atoms with Gasteiger partial charge in [0.2, 0.25) is 5.91 Å². The fourth-order valence-electron chi connectivity index (χ4n) is 2.30. The van der Waals surface area contributed by atoms with Crippen LogP contribution in [-0.4, -0.2) is 36.7 Å². The van der Waals surface area contributed by atoms with E-state index in [0.717, 1.165) is 0 Å². The first-order chi connectivity index (χ1) is 13.4. The number of anilines is 1. The molecule has 0 aliphatic heterocycles. The lowest BCUT2D eigenvalue weighted by Gasteiger charge is -2.08. The molecule has 146 valence electrons. The summed E-state index contributed by atoms with van der Waals surface area (Å²) >= 11 is 0. The number of carbonyl (C=O) groups is 4. The van der Waals surface area contributed by atoms with Crippen LogP contribution in [0.5, 0.6) is 5.75 Å². The van der Waals surface area contributed by atoms with E-state index in [2.05, 4.69) is 5.32 Å². The first-order valence-corrected chi connectivity index (χ1v) is 8.71. The Morgan fingerprint density at radius 3 is 1.96 bits per heavy atom. The second-order valence-electron chi connectivity index (χ2n) is 5.93. The standard InChI is InChI=1S/C21H21NO6/c1-3-19(24)15-6-10-18(11-7-15)27-13-21(26)28-12-20(25)16-4-8-17(9-5-16)22-14(2)23/h4-11H,3,12-13H2,1-2H3,(H,22,23). The lowest BCUT2D eigenvalue weighted by Crippen LogP contribution is -2.19. The fourth-order valence-corrected chi connectivity index (χ4v) is 2.30. The number of ketones is 2. The van der Waals surface area contributed by atoms with Crippen LogP contribution in [0.4, 0.5) is 5.69 Å². The van der Waals surface area contributed by atoms with Crippen LogP contribution in [0.2, 0.25) is 0 Å². The summed E-state index contributed by atoms with van der Waals surface area (Å²) < 4.78 is 10.2. The number of hydrogen-bond acceptors (Lipinski definition) is 6. The molecule has 28 heavy (non-hydrogen) atoms. The van der Waals surface area contributed by atoms with Crippen molar-refractivity contribution in [3.8, 4) is 5.75 Å². The van der Waals surface area contributed by atoms with Gasteiger partial charge in [0.15, 0.2) is 24.8 Å². The number of nitrogens with one attached hydrogen (secondary N) is 1. The molecule has 0 aromatic heterocycles. The Morgan fingerprint density at radius 2 is 1.39 bits per heavy atom. The van der Waals surface area contributed by atoms with E-state index in [4.69, 9.17) is 9.47 Å². The van der Waals surface area contributed by atoms with Crippen LogP contribution in [-0.2, 0) is 14.3 Å². The molecule has 7 nitrogen and oxygen atoms in total. The van der Waals surface area contributed by atoms with Crippen molar-refractivity contribution in [2.45, 2.75) is 20.3 Å². The van der Waals surface area contributed by atoms with E-state index in [0.29, 0.717) is 29.0 Å². The largest absolute Gasteiger partial charge is 0.482 e. The van der Waals surface area contributed by atoms with Crippen LogP contribution in [0, 0.1) is 0 Å². The molecule has 0 unspecified atom stereocenters. The molecule has 0 fully saturated rings. The predicted molar refractivity (Wildman–Crippen MR) is 103 cm³/mol. The van der Waals surface area contributed by atoms with Gasteiger partial charge in [0, 0.05) is 30.2 Å². The van der Waals surface area contributed by atoms with E-state index in [1.54, 1.807) is 43.3 Å². The number of esters is 1. The molecular formula is C21H21NO6. The molecule has 0 saturated carbocycles. The Hall–Kier alpha value is -3.48. The third-order valence-corrected chi connectivity index (χ3v) is 3.75. The second-order valence-corrected chi connectivity index (χ2v) is 5.93. The van der Waals surface area contributed by atoms with E-state index in [1.807, 2.05) is 0 Å². The highest BCUT2D eigenvalue weighted by molar-refractivity contribution is 5.98. The third kappa shape index (κ3) is 6.35. The highest BCUT2D eigenvalue weighted by Gasteiger charge is 2.11. The highest BCUT2D eigenvalue weighted by atomic mass is 16.6. The molecule has 0 aliphatic carbocycles. The Bertz CT molecular complexity index is 855. The molecule has 0 bridgehead atoms. The number of hydrogen-bond donors (Lipinski definition) is 1. The zero-order valence-electron chi connectivity index (χ0n) is 15.7. The van der Waals surface area contributed by atoms with Crippen LogP contribution < -0.4 is 10.1 Å². The summed E-state index contributed by atoms with van der Waals surface area (Å²) in [5, 5.41) is 2.60. The number of Topliss-reactive ketones (excluding diaryl/α,β-unsaturated/α-hetero) is 2. The topological polar surface area (TPSA) is 98.8 Å². The summed E-state index contributed by atoms with van der Waals surface area (Å²) in [7, 11) is 0. The van der Waals surface area contributed by atoms with Gasteiger partial charge in [-0.05, 0) is 48.5 Å². The number of benzene rings is 2. The lowest BCUT2D eigenvalue weighted by molar-refractivity contribution is -0.144. The fraction of sp³-hybridized carbons (Fsp3) is 0.238. The lowest BCUT2D eigenvalue weighted by atomic mass is 10.1. The van der Waals surface area contributed by atoms with E-state index in [-0.39, 0.29) is 24.1 Å². The summed E-state index contributed by atoms with van der Waals surface area (Å²) in [5.74, 6) is -0.819. The molecule has 2 aromatic rings. The summed E-state index contributed by atoms with van der Waals surface area (Å²) in [6.07, 6.45) is 0.413. The summed E-state index contributed by atoms with van der Waals surface area (Å²) in [6.45, 7) is 2.41. The Labute approximate surface area is 162 Å². The molecular weight excluding hydrogens is 362 g/mol. The molecule has 1 N–H and O–H groups in total. The van der Waals surface area contributed by atoms with Crippen molar-refractivity contribution in [1.29, 1.82) is 0 Å². The number of ether oxygens (including phenoxy) is 2. The van der Waals surface area contributed by atoms with Gasteiger partial charge in [-0.1, -0.05) is 6.92 Å². The molecule has 2 rings (SSSR count). The van der Waals surface area contributed by atoms with Gasteiger partial charge < -0.3 is 14.8 Å². The summed E-state index contributed by atoms with van der Waals surface area (Å²) in [5.41, 5.74) is 1.51. The van der Waals surface area contributed by atoms with Crippen LogP contribution in [0.15, 0.2) is 48.5 Å². The van der Waals surface area contributed by atoms with Gasteiger partial charge in [0.25, 0.3) is 0 Å². The Balaban J connectivity index is 1.78. The third-order valence-electron chi connectivity index (χ3n) is 3.75. The number of carbonyl (C=O) groups excluding carboxylic acids is 4. The van der Waals surface area contributed by atoms with Gasteiger partial charge in [0.1, 0.15) is 5.75 Å². The average Bonchev–Trinajstić information content (AvgIpc) is 2.70. The zero-order valence-corrected chi connectivity index (χ0v) is 15.7. The summed E-state index contributed by atoms with van der Waals surface area (Å²) in [6, 6.07) is 12.7. The minimum Gasteiger partial charge on any atom is -0.482 e. The predicted octanol–water partition coefficient (Wildman–Crippen LogP) is 3.04. The van der Waals surface area contributed by atoms with Gasteiger partial charge in [-0.25, -0.2) is 4.79 Å². The highest BCUT2D eigenvalue weighted by Crippen LogP contribution is 2.14. The minimum atomic E-state index is -0.683. The summed E-state index contributed by atoms with van der Waals surface area (Å²) in [4.78, 5) is 46.3. The Morgan fingerprint density at radius 1 is 0.821 bits per heavy atom. The molecule has 0 radical (unpaired) electrons. The monoisotopic (exact) mass is 383 g/mol. The van der Waals surface area contributed by atoms with Crippen molar-refractivity contribution < 1.29 is 28.7 Å². The normalized spacial score (nSPS) is 10.1. The van der Waals surface area contributed by atoms with Crippen molar-refractivity contribution in [2.75, 3.05) is 18.5 Å². The quantitative estimate of drug-likeness (QED) is 0.528. The first-order valence-electron chi connectivity index (χ1n) is 8.71. The van der Waals surface area contributed by atoms with Gasteiger partial charge in [-0.15, -0.1) is 0 Å². The maximum Gasteiger partial charge on any atom is 0.344 e. The molecule has 0 aliphatic rings. The van der Waals surface area contributed by atoms with Crippen LogP contribution in [0.25, 0.3) is 0 Å². The van der Waals surface area contributed by atoms with Crippen molar-refractivity contribution in [1.82, 2.24) is 0 Å². The maximum absolute atomic E-state index is 12.0.